The molecule has 5 atom stereocenters. The highest BCUT2D eigenvalue weighted by Crippen LogP contribution is 2.38. The van der Waals surface area contributed by atoms with Gasteiger partial charge in [0, 0.05) is 51.8 Å². The van der Waals surface area contributed by atoms with Gasteiger partial charge in [-0.2, -0.15) is 0 Å². The lowest BCUT2D eigenvalue weighted by atomic mass is 10.0. The van der Waals surface area contributed by atoms with Crippen LogP contribution in [0.4, 0.5) is 11.4 Å². The van der Waals surface area contributed by atoms with E-state index in [4.69, 9.17) is 23.7 Å². The van der Waals surface area contributed by atoms with Gasteiger partial charge in [-0.15, -0.1) is 0 Å². The zero-order valence-corrected chi connectivity index (χ0v) is 37.2. The fourth-order valence-corrected chi connectivity index (χ4v) is 6.74. The summed E-state index contributed by atoms with van der Waals surface area (Å²) in [6.07, 6.45) is 2.95. The molecule has 19 nitrogen and oxygen atoms in total. The molecule has 4 N–H and O–H groups in total. The Morgan fingerprint density at radius 3 is 2.06 bits per heavy atom. The summed E-state index contributed by atoms with van der Waals surface area (Å²) >= 11 is 0. The number of hydrogen-bond donors (Lipinski definition) is 4. The van der Waals surface area contributed by atoms with Gasteiger partial charge in [0.1, 0.15) is 18.3 Å². The summed E-state index contributed by atoms with van der Waals surface area (Å²) in [5.41, 5.74) is 4.10. The second-order valence-electron chi connectivity index (χ2n) is 15.1. The maximum atomic E-state index is 13.6. The molecule has 2 aromatic carbocycles. The molecule has 62 heavy (non-hydrogen) atoms. The van der Waals surface area contributed by atoms with E-state index in [9.17, 15) is 28.8 Å². The van der Waals surface area contributed by atoms with Gasteiger partial charge in [-0.3, -0.25) is 33.8 Å². The molecule has 0 radical (unpaired) electrons. The molecule has 19 heteroatoms. The molecule has 1 fully saturated rings. The Balaban J connectivity index is 1.45. The van der Waals surface area contributed by atoms with Crippen LogP contribution in [0.5, 0.6) is 23.0 Å². The van der Waals surface area contributed by atoms with E-state index in [0.717, 1.165) is 5.01 Å². The van der Waals surface area contributed by atoms with Crippen molar-refractivity contribution in [1.82, 2.24) is 31.3 Å². The number of benzene rings is 2. The number of hydrazine groups is 1. The molecule has 6 amide bonds. The minimum atomic E-state index is -1.02. The van der Waals surface area contributed by atoms with Gasteiger partial charge >= 0.3 is 0 Å². The van der Waals surface area contributed by atoms with E-state index in [1.165, 1.54) is 33.4 Å². The minimum absolute atomic E-state index is 0.0551. The molecule has 0 spiro atoms. The highest BCUT2D eigenvalue weighted by atomic mass is 16.5. The van der Waals surface area contributed by atoms with Crippen molar-refractivity contribution >= 4 is 53.0 Å². The summed E-state index contributed by atoms with van der Waals surface area (Å²) in [6.45, 7) is 14.4. The van der Waals surface area contributed by atoms with E-state index in [-0.39, 0.29) is 55.2 Å². The fraction of sp³-hybridized carbons (Fsp3) is 0.512. The van der Waals surface area contributed by atoms with E-state index in [1.54, 1.807) is 69.1 Å². The minimum Gasteiger partial charge on any atom is -0.493 e. The van der Waals surface area contributed by atoms with Gasteiger partial charge in [-0.1, -0.05) is 27.4 Å². The van der Waals surface area contributed by atoms with E-state index < -0.39 is 54.0 Å². The van der Waals surface area contributed by atoms with Crippen LogP contribution in [0.25, 0.3) is 0 Å². The Kier molecular flexibility index (Phi) is 17.2. The van der Waals surface area contributed by atoms with Gasteiger partial charge in [0.05, 0.1) is 62.1 Å². The zero-order valence-electron chi connectivity index (χ0n) is 37.2. The van der Waals surface area contributed by atoms with E-state index in [0.29, 0.717) is 47.0 Å². The van der Waals surface area contributed by atoms with Crippen molar-refractivity contribution in [3.63, 3.8) is 0 Å². The zero-order chi connectivity index (χ0) is 45.8. The Bertz CT molecular complexity index is 2010. The fourth-order valence-electron chi connectivity index (χ4n) is 6.74. The number of methoxy groups -OCH3 is 3. The first-order valence-corrected chi connectivity index (χ1v) is 20.5. The van der Waals surface area contributed by atoms with Crippen molar-refractivity contribution in [3.8, 4) is 23.0 Å². The number of carbonyl (C=O) groups excluding carboxylic acids is 6. The molecule has 338 valence electrons. The number of nitrogens with one attached hydrogen (secondary N) is 4. The van der Waals surface area contributed by atoms with Crippen LogP contribution >= 0.6 is 0 Å². The van der Waals surface area contributed by atoms with Crippen LogP contribution in [0, 0.1) is 5.92 Å². The highest BCUT2D eigenvalue weighted by molar-refractivity contribution is 6.04. The molecule has 1 saturated heterocycles. The lowest BCUT2D eigenvalue weighted by Crippen LogP contribution is -2.59. The van der Waals surface area contributed by atoms with Gasteiger partial charge in [0.15, 0.2) is 23.0 Å². The first kappa shape index (κ1) is 48.5. The van der Waals surface area contributed by atoms with Crippen LogP contribution in [-0.4, -0.2) is 124 Å². The summed E-state index contributed by atoms with van der Waals surface area (Å²) in [6, 6.07) is 4.18. The van der Waals surface area contributed by atoms with Crippen molar-refractivity contribution < 1.29 is 52.5 Å². The number of carbonyl (C=O) groups is 6. The maximum Gasteiger partial charge on any atom is 0.258 e. The number of rotatable bonds is 22. The molecule has 2 aliphatic rings. The summed E-state index contributed by atoms with van der Waals surface area (Å²) in [5.74, 6) is -1.68. The monoisotopic (exact) mass is 864 g/mol. The lowest BCUT2D eigenvalue weighted by molar-refractivity contribution is -0.145. The largest absolute Gasteiger partial charge is 0.493 e. The third kappa shape index (κ3) is 11.4. The van der Waals surface area contributed by atoms with Crippen LogP contribution < -0.4 is 45.2 Å². The predicted molar refractivity (Wildman–Crippen MR) is 231 cm³/mol. The van der Waals surface area contributed by atoms with Crippen LogP contribution in [0.3, 0.4) is 0 Å². The first-order valence-electron chi connectivity index (χ1n) is 20.5. The standard InChI is InChI=1S/C43H60N8O11/c1-12-28-23-45-31-21-35(33(59-10)19-29(31)43(57)50(28)27(7)58-9)61-17-14-18-62-36-22-32(30(20-34(36)60-11)41(55)44-13-2)49(8)26(6)47-40(54)25(5)46-42(56)39(24(3)4)48-51-37(52)15-16-38(51)53/h13,19-28,39,48H,2,12,14-18H2,1,3-11H3,(H,44,55)(H,46,56)(H,47,54)/t25-,26?,27?,28?,39-/m0/s1. The number of fused-ring (bicyclic) bond motifs is 1. The van der Waals surface area contributed by atoms with Gasteiger partial charge in [0.25, 0.3) is 11.8 Å². The Hall–Kier alpha value is -6.21. The maximum absolute atomic E-state index is 13.6. The number of amides is 6. The van der Waals surface area contributed by atoms with Gasteiger partial charge < -0.3 is 49.4 Å². The molecule has 3 unspecified atom stereocenters. The van der Waals surface area contributed by atoms with Crippen LogP contribution in [0.15, 0.2) is 42.0 Å². The Labute approximate surface area is 362 Å². The lowest BCUT2D eigenvalue weighted by Gasteiger charge is -2.32. The topological polar surface area (TPSA) is 219 Å². The molecular formula is C43H60N8O11. The Morgan fingerprint density at radius 1 is 0.887 bits per heavy atom. The molecule has 2 heterocycles. The third-order valence-corrected chi connectivity index (χ3v) is 10.5. The molecule has 2 aliphatic heterocycles. The predicted octanol–water partition coefficient (Wildman–Crippen LogP) is 3.44. The summed E-state index contributed by atoms with van der Waals surface area (Å²) in [7, 11) is 6.15. The number of aliphatic imine (C=N–C) groups is 1. The average molecular weight is 865 g/mol. The SMILES string of the molecule is C=CNC(=O)c1cc(OC)c(OCCCOc2cc3c(cc2OC)C(=O)N(C(C)OC)C(CC)C=N3)cc1N(C)C(C)NC(=O)[C@H](C)NC(=O)[C@@H](NN1C(=O)CCC1=O)C(C)C. The van der Waals surface area contributed by atoms with Crippen molar-refractivity contribution in [1.29, 1.82) is 0 Å². The Morgan fingerprint density at radius 2 is 1.50 bits per heavy atom. The molecule has 0 aliphatic carbocycles. The van der Waals surface area contributed by atoms with Crippen molar-refractivity contribution in [2.45, 2.75) is 97.7 Å². The number of imide groups is 1. The molecule has 0 bridgehead atoms. The van der Waals surface area contributed by atoms with Crippen molar-refractivity contribution in [2.24, 2.45) is 10.9 Å². The summed E-state index contributed by atoms with van der Waals surface area (Å²) in [5, 5.41) is 8.96. The normalized spacial score (nSPS) is 16.8. The van der Waals surface area contributed by atoms with E-state index in [2.05, 4.69) is 32.9 Å². The number of nitrogens with zero attached hydrogens (tertiary/aromatic N) is 4. The van der Waals surface area contributed by atoms with Crippen LogP contribution in [0.2, 0.25) is 0 Å². The molecule has 4 rings (SSSR count). The van der Waals surface area contributed by atoms with Crippen molar-refractivity contribution in [2.75, 3.05) is 46.5 Å². The first-order chi connectivity index (χ1) is 29.5. The van der Waals surface area contributed by atoms with Crippen LogP contribution in [-0.2, 0) is 23.9 Å². The second-order valence-corrected chi connectivity index (χ2v) is 15.1. The van der Waals surface area contributed by atoms with E-state index in [1.807, 2.05) is 13.8 Å². The quantitative estimate of drug-likeness (QED) is 0.0759. The highest BCUT2D eigenvalue weighted by Gasteiger charge is 2.36. The van der Waals surface area contributed by atoms with Crippen LogP contribution in [0.1, 0.15) is 87.9 Å². The number of anilines is 1. The molecule has 2 aromatic rings. The second kappa shape index (κ2) is 22.1. The number of ether oxygens (including phenoxy) is 5. The van der Waals surface area contributed by atoms with Gasteiger partial charge in [-0.05, 0) is 51.4 Å². The summed E-state index contributed by atoms with van der Waals surface area (Å²) in [4.78, 5) is 85.8. The molecule has 0 aromatic heterocycles. The third-order valence-electron chi connectivity index (χ3n) is 10.5. The smallest absolute Gasteiger partial charge is 0.258 e. The van der Waals surface area contributed by atoms with Gasteiger partial charge in [0.2, 0.25) is 23.6 Å². The van der Waals surface area contributed by atoms with Gasteiger partial charge in [-0.25, -0.2) is 10.4 Å². The summed E-state index contributed by atoms with van der Waals surface area (Å²) < 4.78 is 28.9. The van der Waals surface area contributed by atoms with Crippen molar-refractivity contribution in [3.05, 3.63) is 48.2 Å². The number of hydrogen-bond acceptors (Lipinski definition) is 14. The molecular weight excluding hydrogens is 805 g/mol. The van der Waals surface area contributed by atoms with E-state index >= 15 is 0 Å². The molecule has 0 saturated carbocycles. The average Bonchev–Trinajstić information content (AvgIpc) is 3.49.